The summed E-state index contributed by atoms with van der Waals surface area (Å²) in [6.07, 6.45) is 0. The van der Waals surface area contributed by atoms with Gasteiger partial charge in [-0.2, -0.15) is 25.9 Å². The van der Waals surface area contributed by atoms with Crippen molar-refractivity contribution < 1.29 is 37.2 Å². The SMILES string of the molecule is CCN(CC)S(=O)(F)(F)OS(=O)(=O)C(F)(F)F. The maximum Gasteiger partial charge on any atom is 0.524 e. The molecule has 0 aromatic carbocycles. The van der Waals surface area contributed by atoms with Crippen LogP contribution in [-0.4, -0.2) is 35.5 Å². The topological polar surface area (TPSA) is 63.7 Å². The zero-order valence-electron chi connectivity index (χ0n) is 8.70. The van der Waals surface area contributed by atoms with E-state index in [1.54, 1.807) is 0 Å². The Morgan fingerprint density at radius 3 is 1.76 bits per heavy atom. The van der Waals surface area contributed by atoms with Crippen LogP contribution in [0.1, 0.15) is 13.8 Å². The lowest BCUT2D eigenvalue weighted by Gasteiger charge is -2.37. The summed E-state index contributed by atoms with van der Waals surface area (Å²) in [6, 6.07) is 0. The second kappa shape index (κ2) is 4.40. The van der Waals surface area contributed by atoms with Gasteiger partial charge in [-0.05, 0) is 0 Å². The zero-order valence-corrected chi connectivity index (χ0v) is 10.3. The van der Waals surface area contributed by atoms with Crippen molar-refractivity contribution in [3.63, 3.8) is 0 Å². The highest BCUT2D eigenvalue weighted by Crippen LogP contribution is 2.40. The molecule has 0 unspecified atom stereocenters. The summed E-state index contributed by atoms with van der Waals surface area (Å²) >= 11 is 0. The molecule has 0 bridgehead atoms. The van der Waals surface area contributed by atoms with Gasteiger partial charge in [-0.3, -0.25) is 0 Å². The van der Waals surface area contributed by atoms with Crippen molar-refractivity contribution in [1.82, 2.24) is 4.31 Å². The van der Waals surface area contributed by atoms with Crippen molar-refractivity contribution in [3.05, 3.63) is 0 Å². The Balaban J connectivity index is 5.46. The van der Waals surface area contributed by atoms with Gasteiger partial charge in [0.1, 0.15) is 10.3 Å². The van der Waals surface area contributed by atoms with E-state index in [1.165, 1.54) is 0 Å². The molecule has 0 saturated carbocycles. The highest BCUT2D eigenvalue weighted by Gasteiger charge is 2.55. The van der Waals surface area contributed by atoms with Crippen LogP contribution >= 0.6 is 0 Å². The van der Waals surface area contributed by atoms with Crippen LogP contribution in [0.4, 0.5) is 20.9 Å². The summed E-state index contributed by atoms with van der Waals surface area (Å²) in [6.45, 7) is 0.810. The quantitative estimate of drug-likeness (QED) is 0.440. The molecule has 0 aliphatic rings. The molecule has 12 heteroatoms. The molecule has 0 radical (unpaired) electrons. The Hall–Kier alpha value is -0.330. The zero-order chi connectivity index (χ0) is 14.1. The Morgan fingerprint density at radius 1 is 1.18 bits per heavy atom. The Kier molecular flexibility index (Phi) is 4.32. The van der Waals surface area contributed by atoms with Crippen LogP contribution in [0.5, 0.6) is 0 Å². The fourth-order valence-electron chi connectivity index (χ4n) is 0.856. The Bertz CT molecular complexity index is 434. The van der Waals surface area contributed by atoms with E-state index in [4.69, 9.17) is 0 Å². The highest BCUT2D eigenvalue weighted by atomic mass is 32.4. The molecule has 17 heavy (non-hydrogen) atoms. The van der Waals surface area contributed by atoms with Gasteiger partial charge in [0, 0.05) is 13.1 Å². The highest BCUT2D eigenvalue weighted by molar-refractivity contribution is 8.11. The van der Waals surface area contributed by atoms with Crippen molar-refractivity contribution in [3.8, 4) is 0 Å². The van der Waals surface area contributed by atoms with Crippen molar-refractivity contribution >= 4 is 20.4 Å². The van der Waals surface area contributed by atoms with Gasteiger partial charge in [-0.1, -0.05) is 25.2 Å². The summed E-state index contributed by atoms with van der Waals surface area (Å²) in [5.41, 5.74) is -6.07. The first-order chi connectivity index (χ1) is 7.25. The lowest BCUT2D eigenvalue weighted by atomic mass is 10.7. The van der Waals surface area contributed by atoms with Crippen LogP contribution in [0.25, 0.3) is 0 Å². The fourth-order valence-corrected chi connectivity index (χ4v) is 3.48. The van der Waals surface area contributed by atoms with Crippen LogP contribution < -0.4 is 0 Å². The fraction of sp³-hybridized carbons (Fsp3) is 1.00. The van der Waals surface area contributed by atoms with Crippen LogP contribution in [0, 0.1) is 0 Å². The van der Waals surface area contributed by atoms with Crippen LogP contribution in [0.3, 0.4) is 0 Å². The number of nitrogens with zero attached hydrogens (tertiary/aromatic N) is 1. The third-order valence-electron chi connectivity index (χ3n) is 1.59. The van der Waals surface area contributed by atoms with Gasteiger partial charge in [-0.25, -0.2) is 0 Å². The average Bonchev–Trinajstić information content (AvgIpc) is 1.99. The monoisotopic (exact) mass is 307 g/mol. The molecule has 0 N–H and O–H groups in total. The van der Waals surface area contributed by atoms with E-state index in [2.05, 4.69) is 3.63 Å². The molecule has 0 aromatic heterocycles. The predicted octanol–water partition coefficient (Wildman–Crippen LogP) is 1.61. The molecule has 0 aromatic rings. The predicted molar refractivity (Wildman–Crippen MR) is 49.3 cm³/mol. The molecule has 0 fully saturated rings. The number of halogens is 5. The van der Waals surface area contributed by atoms with Gasteiger partial charge < -0.3 is 0 Å². The van der Waals surface area contributed by atoms with E-state index in [9.17, 15) is 33.6 Å². The number of alkyl halides is 3. The second-order valence-electron chi connectivity index (χ2n) is 2.75. The minimum atomic E-state index is -7.51. The molecule has 0 saturated heterocycles. The van der Waals surface area contributed by atoms with Crippen molar-refractivity contribution in [2.75, 3.05) is 13.1 Å². The van der Waals surface area contributed by atoms with E-state index < -0.39 is 39.0 Å². The molecule has 0 rings (SSSR count). The molecular weight excluding hydrogens is 297 g/mol. The summed E-state index contributed by atoms with van der Waals surface area (Å²) in [5, 5.41) is 0. The third-order valence-corrected chi connectivity index (χ3v) is 5.08. The average molecular weight is 307 g/mol. The first-order valence-electron chi connectivity index (χ1n) is 4.14. The van der Waals surface area contributed by atoms with Gasteiger partial charge in [0.15, 0.2) is 0 Å². The van der Waals surface area contributed by atoms with Crippen LogP contribution in [-0.2, 0) is 24.1 Å². The molecule has 106 valence electrons. The van der Waals surface area contributed by atoms with E-state index in [1.807, 2.05) is 0 Å². The van der Waals surface area contributed by atoms with Gasteiger partial charge in [0.2, 0.25) is 0 Å². The molecular formula is C5H10F5NO4S2. The van der Waals surface area contributed by atoms with Gasteiger partial charge in [0.25, 0.3) is 0 Å². The number of rotatable bonds is 5. The number of hydrogen-bond acceptors (Lipinski definition) is 4. The van der Waals surface area contributed by atoms with E-state index >= 15 is 0 Å². The lowest BCUT2D eigenvalue weighted by Crippen LogP contribution is -2.47. The van der Waals surface area contributed by atoms with Gasteiger partial charge >= 0.3 is 15.6 Å². The summed E-state index contributed by atoms with van der Waals surface area (Å²) in [7, 11) is -14.1. The standard InChI is InChI=1S/C5H10F5NO4S2/c1-3-11(4-2)17(9,10,14)15-16(12,13)5(6,7)8/h3-4H2,1-2H3. The maximum atomic E-state index is 13.2. The number of hydrogen-bond donors (Lipinski definition) is 0. The molecule has 0 heterocycles. The molecule has 0 atom stereocenters. The van der Waals surface area contributed by atoms with E-state index in [0.29, 0.717) is 0 Å². The molecule has 0 aliphatic heterocycles. The van der Waals surface area contributed by atoms with Crippen LogP contribution in [0.15, 0.2) is 0 Å². The molecule has 0 amide bonds. The maximum absolute atomic E-state index is 13.2. The Morgan fingerprint density at radius 2 is 1.53 bits per heavy atom. The molecule has 0 aliphatic carbocycles. The van der Waals surface area contributed by atoms with Gasteiger partial charge in [-0.15, -0.1) is 4.21 Å². The summed E-state index contributed by atoms with van der Waals surface area (Å²) in [4.78, 5) is 0. The first-order valence-corrected chi connectivity index (χ1v) is 7.20. The van der Waals surface area contributed by atoms with Crippen molar-refractivity contribution in [2.24, 2.45) is 0 Å². The Labute approximate surface area is 95.0 Å². The normalized spacial score (nSPS) is 16.8. The third kappa shape index (κ3) is 3.82. The lowest BCUT2D eigenvalue weighted by molar-refractivity contribution is -0.0508. The van der Waals surface area contributed by atoms with Gasteiger partial charge in [0.05, 0.1) is 0 Å². The van der Waals surface area contributed by atoms with E-state index in [-0.39, 0.29) is 4.31 Å². The summed E-state index contributed by atoms with van der Waals surface area (Å²) < 4.78 is 95.8. The largest absolute Gasteiger partial charge is 0.524 e. The van der Waals surface area contributed by atoms with E-state index in [0.717, 1.165) is 13.8 Å². The molecule has 0 spiro atoms. The second-order valence-corrected chi connectivity index (χ2v) is 6.51. The van der Waals surface area contributed by atoms with Crippen LogP contribution in [0.2, 0.25) is 0 Å². The summed E-state index contributed by atoms with van der Waals surface area (Å²) in [5.74, 6) is 0. The smallest absolute Gasteiger partial charge is 0.188 e. The first kappa shape index (κ1) is 16.7. The molecule has 5 nitrogen and oxygen atoms in total. The minimum Gasteiger partial charge on any atom is -0.188 e. The minimum absolute atomic E-state index is 0.291. The van der Waals surface area contributed by atoms with Crippen molar-refractivity contribution in [2.45, 2.75) is 19.4 Å². The van der Waals surface area contributed by atoms with Crippen molar-refractivity contribution in [1.29, 1.82) is 0 Å².